The number of nitrogens with zero attached hydrogens (tertiary/aromatic N) is 31. The van der Waals surface area contributed by atoms with Crippen LogP contribution >= 0.6 is 0 Å². The molecule has 20 rings (SSSR count). The van der Waals surface area contributed by atoms with Gasteiger partial charge < -0.3 is 43.0 Å². The summed E-state index contributed by atoms with van der Waals surface area (Å²) in [5.41, 5.74) is 37.1. The van der Waals surface area contributed by atoms with E-state index in [-0.39, 0.29) is 54.9 Å². The first-order valence-corrected chi connectivity index (χ1v) is 41.4. The molecule has 0 spiro atoms. The second kappa shape index (κ2) is 32.5. The van der Waals surface area contributed by atoms with Gasteiger partial charge in [0.15, 0.2) is 29.1 Å². The van der Waals surface area contributed by atoms with Crippen molar-refractivity contribution in [2.45, 2.75) is 112 Å². The maximum atomic E-state index is 11.9. The van der Waals surface area contributed by atoms with Gasteiger partial charge in [-0.1, -0.05) is 0 Å². The molecule has 4 aliphatic rings. The number of carbonyl (C=O) groups is 2. The average Bonchev–Trinajstić information content (AvgIpc) is 0.977. The molecule has 17 heterocycles. The highest BCUT2D eigenvalue weighted by Crippen LogP contribution is 2.48. The van der Waals surface area contributed by atoms with E-state index in [0.29, 0.717) is 142 Å². The van der Waals surface area contributed by atoms with Crippen molar-refractivity contribution in [2.75, 3.05) is 68.9 Å². The maximum absolute atomic E-state index is 11.9. The van der Waals surface area contributed by atoms with E-state index in [1.807, 2.05) is 86.4 Å². The van der Waals surface area contributed by atoms with Gasteiger partial charge >= 0.3 is 0 Å². The van der Waals surface area contributed by atoms with E-state index in [0.717, 1.165) is 70.0 Å². The zero-order chi connectivity index (χ0) is 88.3. The molecule has 16 aromatic rings. The monoisotopic (exact) mass is 1720 g/mol. The number of aryl methyl sites for hydroxylation is 2. The first-order valence-electron chi connectivity index (χ1n) is 39.6. The number of rotatable bonds is 21. The normalized spacial score (nSPS) is 17.9. The molecule has 640 valence electrons. The number of amides is 2. The second-order valence-corrected chi connectivity index (χ2v) is 33.6. The van der Waals surface area contributed by atoms with Crippen LogP contribution in [0.4, 0.5) is 29.1 Å². The van der Waals surface area contributed by atoms with Gasteiger partial charge in [0.2, 0.25) is 15.9 Å². The van der Waals surface area contributed by atoms with Gasteiger partial charge in [-0.15, -0.1) is 0 Å². The van der Waals surface area contributed by atoms with Crippen LogP contribution in [-0.4, -0.2) is 215 Å². The van der Waals surface area contributed by atoms with Crippen LogP contribution in [0, 0.1) is 45.3 Å². The lowest BCUT2D eigenvalue weighted by molar-refractivity contribution is -0.114. The zero-order valence-electron chi connectivity index (χ0n) is 69.1. The summed E-state index contributed by atoms with van der Waals surface area (Å²) in [6.07, 6.45) is 36.7. The Labute approximate surface area is 715 Å². The van der Waals surface area contributed by atoms with Crippen LogP contribution in [0.1, 0.15) is 88.0 Å². The van der Waals surface area contributed by atoms with E-state index in [2.05, 4.69) is 106 Å². The number of nitrogens with two attached hydrogens (primary N) is 4. The molecule has 45 nitrogen and oxygen atoms in total. The number of nitrogen functional groups attached to an aromatic ring is 4. The Morgan fingerprint density at radius 3 is 1.26 bits per heavy atom. The van der Waals surface area contributed by atoms with Crippen LogP contribution < -0.4 is 33.6 Å². The molecule has 3 aliphatic carbocycles. The van der Waals surface area contributed by atoms with Crippen molar-refractivity contribution in [1.29, 1.82) is 21.0 Å². The topological polar surface area (TPSA) is 598 Å². The van der Waals surface area contributed by atoms with E-state index in [4.69, 9.17) is 52.3 Å². The summed E-state index contributed by atoms with van der Waals surface area (Å²) in [4.78, 5) is 42.5. The van der Waals surface area contributed by atoms with Crippen LogP contribution in [0.25, 0.3) is 112 Å². The largest absolute Gasteiger partial charge is 0.382 e. The molecular formula is C80H83N39O6S. The van der Waals surface area contributed by atoms with Crippen molar-refractivity contribution < 1.29 is 27.5 Å². The van der Waals surface area contributed by atoms with Gasteiger partial charge in [-0.05, 0) is 75.3 Å². The Morgan fingerprint density at radius 2 is 0.889 bits per heavy atom. The van der Waals surface area contributed by atoms with E-state index in [1.54, 1.807) is 131 Å². The number of sulfonamides is 1. The van der Waals surface area contributed by atoms with E-state index in [1.165, 1.54) is 11.2 Å². The molecular weight excluding hydrogens is 1640 g/mol. The molecule has 2 amide bonds. The van der Waals surface area contributed by atoms with Crippen molar-refractivity contribution in [3.05, 3.63) is 141 Å². The lowest BCUT2D eigenvalue weighted by Gasteiger charge is -2.47. The summed E-state index contributed by atoms with van der Waals surface area (Å²) in [5.74, 6) is 1.14. The number of hydrogen-bond acceptors (Lipinski definition) is 30. The van der Waals surface area contributed by atoms with Crippen LogP contribution in [0.3, 0.4) is 0 Å². The molecule has 46 heteroatoms. The minimum atomic E-state index is -3.35. The number of nitriles is 4. The molecule has 0 unspecified atom stereocenters. The lowest BCUT2D eigenvalue weighted by Crippen LogP contribution is -2.63. The molecule has 0 atom stereocenters. The number of carbonyl (C=O) groups excluding carboxylic acids is 2. The molecule has 12 N–H and O–H groups in total. The molecule has 0 aromatic carbocycles. The molecule has 4 fully saturated rings. The Kier molecular flexibility index (Phi) is 21.2. The predicted octanol–water partition coefficient (Wildman–Crippen LogP) is 6.11. The molecule has 1 aliphatic heterocycles. The van der Waals surface area contributed by atoms with Crippen molar-refractivity contribution in [3.8, 4) is 115 Å². The maximum Gasteiger partial charge on any atom is 0.269 e. The number of hydrogen-bond donors (Lipinski definition) is 8. The summed E-state index contributed by atoms with van der Waals surface area (Å²) in [6, 6.07) is 19.7. The molecule has 3 saturated carbocycles. The average molecular weight is 1720 g/mol. The molecule has 16 aromatic heterocycles. The van der Waals surface area contributed by atoms with Crippen molar-refractivity contribution in [3.63, 3.8) is 0 Å². The van der Waals surface area contributed by atoms with Gasteiger partial charge in [-0.2, -0.15) is 86.5 Å². The van der Waals surface area contributed by atoms with Crippen molar-refractivity contribution in [1.82, 2.24) is 147 Å². The van der Waals surface area contributed by atoms with Crippen LogP contribution in [0.15, 0.2) is 136 Å². The number of nitrogens with one attached hydrogen (secondary N) is 4. The summed E-state index contributed by atoms with van der Waals surface area (Å²) in [6.45, 7) is 1.73. The molecule has 1 saturated heterocycles. The Balaban J connectivity index is 0.000000119. The minimum absolute atomic E-state index is 0.0874. The van der Waals surface area contributed by atoms with Crippen molar-refractivity contribution in [2.24, 2.45) is 14.1 Å². The standard InChI is InChI=1S/2C21H22N10O2.C19H20N10O2S.C19H19N9/c1-24-20(32)15-7-14(27-28-15)16-11-30-17(3-6-25-30)18(26-16)13-10-31(29-19(13)23)21(4-5-22)8-12(9-21)33-2;1-12(32)25-18-7-15(27-28-18)16-11-30-17(3-6-24-30)19(26-16)14-10-31(29-20(14)23)21(4-5-22)8-13(9-21)33-2;1-26-8-13(7-23-26)15-10-28-16(3-6-22-28)17(24-15)14-9-29(25-18(14)21)19(4-5-20)11-27(12-19)32(2,30)31;1-26-10-13(9-23-26)15-12-27-16(3-8-22-27)17(24-15)14-11-28(25-18(14)21)19(6-7-20)4-2-5-19/h3,6-7,10-12H,4,8-9H2,1-2H3,(H2,23,29)(H,24,32)(H,27,28);3,6-7,10-11,13H,4,8-9H2,1-2H3,(H2,23,29)(H2,25,27,28,32);3,6-10H,4,11-12H2,1-2H3,(H2,21,25);3,8-12H,2,4-6H2,1H3,(H2,21,25). The van der Waals surface area contributed by atoms with Gasteiger partial charge in [0.1, 0.15) is 51.1 Å². The zero-order valence-corrected chi connectivity index (χ0v) is 69.9. The van der Waals surface area contributed by atoms with Gasteiger partial charge in [-0.25, -0.2) is 46.4 Å². The summed E-state index contributed by atoms with van der Waals surface area (Å²) >= 11 is 0. The summed E-state index contributed by atoms with van der Waals surface area (Å²) < 4.78 is 53.3. The van der Waals surface area contributed by atoms with Gasteiger partial charge in [0.25, 0.3) is 5.91 Å². The summed E-state index contributed by atoms with van der Waals surface area (Å²) in [7, 11) is 5.22. The molecule has 126 heavy (non-hydrogen) atoms. The third-order valence-corrected chi connectivity index (χ3v) is 24.6. The number of aromatic nitrogens is 28. The fraction of sp³-hybridized carbons (Fsp3) is 0.325. The highest BCUT2D eigenvalue weighted by Gasteiger charge is 2.51. The molecule has 0 bridgehead atoms. The quantitative estimate of drug-likeness (QED) is 0.0402. The Bertz CT molecular complexity index is 7160. The number of ether oxygens (including phenoxy) is 2. The fourth-order valence-corrected chi connectivity index (χ4v) is 17.3. The van der Waals surface area contributed by atoms with Crippen LogP contribution in [0.2, 0.25) is 0 Å². The number of anilines is 5. The van der Waals surface area contributed by atoms with E-state index in [9.17, 15) is 39.1 Å². The number of aromatic amines is 2. The number of fused-ring (bicyclic) bond motifs is 4. The van der Waals surface area contributed by atoms with E-state index >= 15 is 0 Å². The number of methoxy groups -OCH3 is 2. The third kappa shape index (κ3) is 15.1. The molecule has 0 radical (unpaired) electrons. The van der Waals surface area contributed by atoms with Crippen molar-refractivity contribution >= 4 is 73.0 Å². The van der Waals surface area contributed by atoms with Crippen LogP contribution in [-0.2, 0) is 60.5 Å². The highest BCUT2D eigenvalue weighted by molar-refractivity contribution is 7.88. The fourth-order valence-electron chi connectivity index (χ4n) is 16.4. The Morgan fingerprint density at radius 1 is 0.508 bits per heavy atom. The van der Waals surface area contributed by atoms with E-state index < -0.39 is 26.6 Å². The third-order valence-electron chi connectivity index (χ3n) is 23.4. The number of H-pyrrole nitrogens is 2. The van der Waals surface area contributed by atoms with Gasteiger partial charge in [0, 0.05) is 110 Å². The van der Waals surface area contributed by atoms with Gasteiger partial charge in [-0.3, -0.25) is 47.9 Å². The SMILES string of the molecule is CNC(=O)c1cc(-c2cn3nccc3c(-c3cn(C4(CC#N)CC(OC)C4)nc3N)n2)n[nH]1.COC1CC(CC#N)(n2cc(-c3nc(-c4cc(NC(C)=O)n[nH]4)cn4nccc34)c(N)n2)C1.Cn1cc(-c2cn3nccc3c(-c3cn(C4(CC#N)CCC4)nc3N)n2)cn1.Cn1cc(-c2cn3nccc3c(-c3cn(C4(CC#N)CN(S(C)(=O)=O)C4)nc3N)n2)cn1. The summed E-state index contributed by atoms with van der Waals surface area (Å²) in [5, 5.41) is 100. The van der Waals surface area contributed by atoms with Gasteiger partial charge in [0.05, 0.1) is 208 Å². The highest BCUT2D eigenvalue weighted by atomic mass is 32.2. The smallest absolute Gasteiger partial charge is 0.269 e. The second-order valence-electron chi connectivity index (χ2n) is 31.6. The predicted molar refractivity (Wildman–Crippen MR) is 455 cm³/mol. The lowest BCUT2D eigenvalue weighted by atomic mass is 9.72. The minimum Gasteiger partial charge on any atom is -0.382 e. The first-order chi connectivity index (χ1) is 60.7. The first kappa shape index (κ1) is 82.4. The van der Waals surface area contributed by atoms with Crippen LogP contribution in [0.5, 0.6) is 0 Å². The Hall–Kier alpha value is -15.9.